The first kappa shape index (κ1) is 15.5. The molecule has 2 aromatic rings. The van der Waals surface area contributed by atoms with E-state index in [9.17, 15) is 4.79 Å². The summed E-state index contributed by atoms with van der Waals surface area (Å²) in [5.41, 5.74) is 3.57. The fourth-order valence-electron chi connectivity index (χ4n) is 2.53. The van der Waals surface area contributed by atoms with Crippen LogP contribution >= 0.6 is 23.1 Å². The summed E-state index contributed by atoms with van der Waals surface area (Å²) in [4.78, 5) is 12.3. The summed E-state index contributed by atoms with van der Waals surface area (Å²) < 4.78 is 0.841. The predicted octanol–water partition coefficient (Wildman–Crippen LogP) is 3.82. The van der Waals surface area contributed by atoms with E-state index in [0.717, 1.165) is 40.8 Å². The average molecular weight is 333 g/mol. The van der Waals surface area contributed by atoms with Crippen LogP contribution in [0.25, 0.3) is 0 Å². The topological polar surface area (TPSA) is 54.9 Å². The van der Waals surface area contributed by atoms with Gasteiger partial charge in [0.05, 0.1) is 5.75 Å². The molecule has 1 aromatic heterocycles. The van der Waals surface area contributed by atoms with Crippen molar-refractivity contribution in [3.8, 4) is 0 Å². The predicted molar refractivity (Wildman–Crippen MR) is 92.2 cm³/mol. The Morgan fingerprint density at radius 3 is 3.05 bits per heavy atom. The number of aromatic nitrogens is 2. The molecule has 0 bridgehead atoms. The molecule has 1 aromatic carbocycles. The van der Waals surface area contributed by atoms with Gasteiger partial charge in [0.25, 0.3) is 0 Å². The largest absolute Gasteiger partial charge is 0.360 e. The molecule has 4 nitrogen and oxygen atoms in total. The van der Waals surface area contributed by atoms with Crippen LogP contribution < -0.4 is 5.32 Å². The molecule has 0 unspecified atom stereocenters. The van der Waals surface area contributed by atoms with Gasteiger partial charge in [0.1, 0.15) is 0 Å². The summed E-state index contributed by atoms with van der Waals surface area (Å²) in [5, 5.41) is 12.2. The number of rotatable bonds is 7. The monoisotopic (exact) mass is 333 g/mol. The van der Waals surface area contributed by atoms with Crippen LogP contribution in [-0.4, -0.2) is 28.3 Å². The lowest BCUT2D eigenvalue weighted by atomic mass is 10.0. The summed E-state index contributed by atoms with van der Waals surface area (Å²) in [5.74, 6) is 0.583. The number of carbonyl (C=O) groups is 1. The average Bonchev–Trinajstić information content (AvgIpc) is 3.18. The first-order chi connectivity index (χ1) is 10.8. The van der Waals surface area contributed by atoms with E-state index < -0.39 is 0 Å². The first-order valence-corrected chi connectivity index (χ1v) is 9.41. The van der Waals surface area contributed by atoms with Gasteiger partial charge in [0.2, 0.25) is 5.13 Å². The van der Waals surface area contributed by atoms with Crippen molar-refractivity contribution in [1.29, 1.82) is 0 Å². The quantitative estimate of drug-likeness (QED) is 0.616. The van der Waals surface area contributed by atoms with Gasteiger partial charge in [-0.1, -0.05) is 42.2 Å². The lowest BCUT2D eigenvalue weighted by Gasteiger charge is -2.03. The van der Waals surface area contributed by atoms with E-state index in [1.165, 1.54) is 40.6 Å². The Bertz CT molecular complexity index is 669. The second kappa shape index (κ2) is 7.24. The minimum absolute atomic E-state index is 0.165. The van der Waals surface area contributed by atoms with Gasteiger partial charge < -0.3 is 5.32 Å². The number of nitrogens with zero attached hydrogens (tertiary/aromatic N) is 2. The van der Waals surface area contributed by atoms with Crippen molar-refractivity contribution in [2.45, 2.75) is 36.9 Å². The third kappa shape index (κ3) is 3.67. The molecule has 3 rings (SSSR count). The summed E-state index contributed by atoms with van der Waals surface area (Å²) in [7, 11) is 0. The maximum absolute atomic E-state index is 12.3. The van der Waals surface area contributed by atoms with Crippen LogP contribution in [0.15, 0.2) is 22.5 Å². The SMILES string of the molecule is CCCNc1nnc(SCC(=O)c2ccc3c(c2)CCC3)s1. The highest BCUT2D eigenvalue weighted by molar-refractivity contribution is 8.01. The van der Waals surface area contributed by atoms with Gasteiger partial charge in [0, 0.05) is 12.1 Å². The smallest absolute Gasteiger partial charge is 0.206 e. The Labute approximate surface area is 138 Å². The number of anilines is 1. The lowest BCUT2D eigenvalue weighted by molar-refractivity contribution is 0.102. The van der Waals surface area contributed by atoms with E-state index in [1.54, 1.807) is 0 Å². The number of Topliss-reactive ketones (excluding diaryl/α,β-unsaturated/α-hetero) is 1. The van der Waals surface area contributed by atoms with Crippen LogP contribution in [0.3, 0.4) is 0 Å². The van der Waals surface area contributed by atoms with Gasteiger partial charge in [-0.15, -0.1) is 10.2 Å². The third-order valence-corrected chi connectivity index (χ3v) is 5.69. The van der Waals surface area contributed by atoms with Crippen molar-refractivity contribution in [1.82, 2.24) is 10.2 Å². The highest BCUT2D eigenvalue weighted by atomic mass is 32.2. The molecule has 1 N–H and O–H groups in total. The van der Waals surface area contributed by atoms with Crippen molar-refractivity contribution >= 4 is 34.0 Å². The fourth-order valence-corrected chi connectivity index (χ4v) is 4.20. The molecular weight excluding hydrogens is 314 g/mol. The summed E-state index contributed by atoms with van der Waals surface area (Å²) >= 11 is 2.97. The number of hydrogen-bond acceptors (Lipinski definition) is 6. The number of ketones is 1. The van der Waals surface area contributed by atoms with Crippen LogP contribution in [0, 0.1) is 0 Å². The molecule has 0 radical (unpaired) electrons. The Kier molecular flexibility index (Phi) is 5.10. The van der Waals surface area contributed by atoms with Crippen molar-refractivity contribution in [3.63, 3.8) is 0 Å². The van der Waals surface area contributed by atoms with Crippen LogP contribution in [0.1, 0.15) is 41.3 Å². The van der Waals surface area contributed by atoms with Crippen molar-refractivity contribution in [2.75, 3.05) is 17.6 Å². The van der Waals surface area contributed by atoms with Crippen molar-refractivity contribution in [2.24, 2.45) is 0 Å². The third-order valence-electron chi connectivity index (χ3n) is 3.68. The normalized spacial score (nSPS) is 13.1. The number of aryl methyl sites for hydroxylation is 2. The van der Waals surface area contributed by atoms with Gasteiger partial charge in [-0.3, -0.25) is 4.79 Å². The molecular formula is C16H19N3OS2. The number of hydrogen-bond donors (Lipinski definition) is 1. The van der Waals surface area contributed by atoms with Gasteiger partial charge in [-0.05, 0) is 42.9 Å². The second-order valence-corrected chi connectivity index (χ2v) is 7.55. The Hall–Kier alpha value is -1.40. The minimum atomic E-state index is 0.165. The molecule has 0 fully saturated rings. The fraction of sp³-hybridized carbons (Fsp3) is 0.438. The van der Waals surface area contributed by atoms with Crippen LogP contribution in [0.2, 0.25) is 0 Å². The number of fused-ring (bicyclic) bond motifs is 1. The molecule has 116 valence electrons. The number of benzene rings is 1. The molecule has 0 saturated carbocycles. The van der Waals surface area contributed by atoms with Crippen LogP contribution in [0.4, 0.5) is 5.13 Å². The van der Waals surface area contributed by atoms with Gasteiger partial charge in [0.15, 0.2) is 10.1 Å². The number of carbonyl (C=O) groups excluding carboxylic acids is 1. The highest BCUT2D eigenvalue weighted by Crippen LogP contribution is 2.27. The zero-order valence-corrected chi connectivity index (χ0v) is 14.2. The van der Waals surface area contributed by atoms with E-state index in [4.69, 9.17) is 0 Å². The van der Waals surface area contributed by atoms with Gasteiger partial charge in [-0.2, -0.15) is 0 Å². The number of nitrogens with one attached hydrogen (secondary N) is 1. The molecule has 0 atom stereocenters. The maximum atomic E-state index is 12.3. The molecule has 1 aliphatic rings. The molecule has 0 amide bonds. The van der Waals surface area contributed by atoms with Crippen LogP contribution in [0.5, 0.6) is 0 Å². The summed E-state index contributed by atoms with van der Waals surface area (Å²) in [6.07, 6.45) is 4.52. The van der Waals surface area contributed by atoms with E-state index >= 15 is 0 Å². The molecule has 6 heteroatoms. The standard InChI is InChI=1S/C16H19N3OS2/c1-2-8-17-15-18-19-16(22-15)21-10-14(20)13-7-6-11-4-3-5-12(11)9-13/h6-7,9H,2-5,8,10H2,1H3,(H,17,18). The van der Waals surface area contributed by atoms with Crippen molar-refractivity contribution in [3.05, 3.63) is 34.9 Å². The molecule has 0 spiro atoms. The minimum Gasteiger partial charge on any atom is -0.360 e. The summed E-state index contributed by atoms with van der Waals surface area (Å²) in [6.45, 7) is 3.01. The van der Waals surface area contributed by atoms with E-state index in [1.807, 2.05) is 6.07 Å². The van der Waals surface area contributed by atoms with E-state index in [-0.39, 0.29) is 5.78 Å². The van der Waals surface area contributed by atoms with E-state index in [2.05, 4.69) is 34.6 Å². The zero-order valence-electron chi connectivity index (χ0n) is 12.6. The molecule has 1 heterocycles. The summed E-state index contributed by atoms with van der Waals surface area (Å²) in [6, 6.07) is 6.14. The van der Waals surface area contributed by atoms with Crippen LogP contribution in [-0.2, 0) is 12.8 Å². The van der Waals surface area contributed by atoms with E-state index in [0.29, 0.717) is 5.75 Å². The van der Waals surface area contributed by atoms with Gasteiger partial charge in [-0.25, -0.2) is 0 Å². The molecule has 0 aliphatic heterocycles. The maximum Gasteiger partial charge on any atom is 0.206 e. The first-order valence-electron chi connectivity index (χ1n) is 7.61. The van der Waals surface area contributed by atoms with Gasteiger partial charge >= 0.3 is 0 Å². The molecule has 0 saturated heterocycles. The number of thioether (sulfide) groups is 1. The second-order valence-electron chi connectivity index (χ2n) is 5.35. The Morgan fingerprint density at radius 1 is 1.32 bits per heavy atom. The lowest BCUT2D eigenvalue weighted by Crippen LogP contribution is -2.03. The highest BCUT2D eigenvalue weighted by Gasteiger charge is 2.15. The Balaban J connectivity index is 1.57. The van der Waals surface area contributed by atoms with Crippen molar-refractivity contribution < 1.29 is 4.79 Å². The zero-order chi connectivity index (χ0) is 15.4. The molecule has 1 aliphatic carbocycles. The molecule has 22 heavy (non-hydrogen) atoms. The Morgan fingerprint density at radius 2 is 2.18 bits per heavy atom.